The molecule has 23 heteroatoms. The van der Waals surface area contributed by atoms with Crippen LogP contribution in [0.5, 0.6) is 0 Å². The van der Waals surface area contributed by atoms with Crippen LogP contribution in [0.2, 0.25) is 0 Å². The van der Waals surface area contributed by atoms with Crippen molar-refractivity contribution in [2.24, 2.45) is 0 Å². The molecule has 0 spiro atoms. The third-order valence-electron chi connectivity index (χ3n) is 26.2. The molecule has 0 radical (unpaired) electrons. The van der Waals surface area contributed by atoms with Crippen LogP contribution in [0.25, 0.3) is 0 Å². The Kier molecular flexibility index (Phi) is 37.4. The summed E-state index contributed by atoms with van der Waals surface area (Å²) in [6, 6.07) is 1.02. The lowest BCUT2D eigenvalue weighted by Gasteiger charge is -2.51. The lowest BCUT2D eigenvalue weighted by molar-refractivity contribution is 0.155. The molecule has 122 heavy (non-hydrogen) atoms. The first-order valence-electron chi connectivity index (χ1n) is 49.5. The van der Waals surface area contributed by atoms with Gasteiger partial charge in [0.2, 0.25) is 53.5 Å². The second-order valence-electron chi connectivity index (χ2n) is 44.8. The smallest absolute Gasteiger partial charge is 0.236 e. The molecule has 8 rings (SSSR count). The zero-order valence-electron chi connectivity index (χ0n) is 83.6. The largest absolute Gasteiger partial charge is 0.344 e. The van der Waals surface area contributed by atoms with Gasteiger partial charge in [-0.15, -0.1) is 0 Å². The van der Waals surface area contributed by atoms with Crippen molar-refractivity contribution in [3.8, 4) is 0 Å². The molecule has 5 fully saturated rings. The van der Waals surface area contributed by atoms with E-state index in [-0.39, 0.29) is 91.3 Å². The van der Waals surface area contributed by atoms with Crippen molar-refractivity contribution in [2.45, 2.75) is 478 Å². The Morgan fingerprint density at radius 3 is 0.721 bits per heavy atom. The van der Waals surface area contributed by atoms with Crippen molar-refractivity contribution < 1.29 is 5.71 Å². The molecule has 0 amide bonds. The van der Waals surface area contributed by atoms with Gasteiger partial charge in [-0.3, -0.25) is 0 Å². The summed E-state index contributed by atoms with van der Waals surface area (Å²) < 4.78 is 0. The molecule has 0 saturated carbocycles. The van der Waals surface area contributed by atoms with Gasteiger partial charge >= 0.3 is 0 Å². The van der Waals surface area contributed by atoms with E-state index in [0.29, 0.717) is 5.95 Å². The van der Waals surface area contributed by atoms with Crippen molar-refractivity contribution in [3.63, 3.8) is 0 Å². The maximum Gasteiger partial charge on any atom is 0.236 e. The maximum absolute atomic E-state index is 6.09. The number of nitrogens with one attached hydrogen (secondary N) is 5. The van der Waals surface area contributed by atoms with Crippen LogP contribution in [-0.4, -0.2) is 209 Å². The van der Waals surface area contributed by atoms with Crippen LogP contribution in [0.3, 0.4) is 0 Å². The van der Waals surface area contributed by atoms with E-state index in [1.807, 2.05) is 6.20 Å². The van der Waals surface area contributed by atoms with Gasteiger partial charge in [-0.2, -0.15) is 44.9 Å². The van der Waals surface area contributed by atoms with E-state index < -0.39 is 0 Å². The van der Waals surface area contributed by atoms with Crippen LogP contribution in [0.4, 0.5) is 53.5 Å². The van der Waals surface area contributed by atoms with Gasteiger partial charge in [-0.25, -0.2) is 0 Å². The maximum atomic E-state index is 6.09. The van der Waals surface area contributed by atoms with Crippen LogP contribution in [0.15, 0.2) is 24.2 Å². The van der Waals surface area contributed by atoms with Crippen LogP contribution in [0, 0.1) is 0 Å². The average molecular weight is 1700 g/mol. The van der Waals surface area contributed by atoms with E-state index in [4.69, 9.17) is 44.9 Å². The van der Waals surface area contributed by atoms with Gasteiger partial charge in [0.15, 0.2) is 0 Å². The Labute approximate surface area is 752 Å². The standard InChI is InChI=1S/C99H183N23.4H2/c1-30-38-54-114(29)81-100-82(115(55-39-31-2)56-40-32-3)103-85(101-81)119(77-68-92(13,14)110-93(15,16)69-77)62-50-46-48-52-64-121(79-72-96(21,22)112-97(23,24)73-79)88-106-87(118(61-45-37-8)76-66-90(9,10)109-91(11,12)67-76)107-89(108-88)122(80-74-98(25,26)113-99(27,28)75-80)65-53-49-47-51-63-120(78-70-94(17,18)111-95(19,20)71-78)86-104-83(116(57-41-33-4)58-42-34-5)102-84(105-86)117(59-43-35-6)60-44-36-7;;;;/h57,76-80,109-113H,4,30-32,34-40,42-56,58-75H2,1-3,5-29H3;4*1H. The Morgan fingerprint density at radius 1 is 0.270 bits per heavy atom. The van der Waals surface area contributed by atoms with E-state index in [1.165, 1.54) is 0 Å². The SMILES string of the molecule is C=C=C=CN(CCCC)c1nc(N(CCCC)CCCC)nc(N(CCCCCCN(c2nc(N(CCCC)C3CC(C)(C)NC(C)(C)C3)nc(N(CCCCCCN(c3nc(N(C)CCCC)nc(N(CCCC)CCCC)n3)C3CC(C)(C)NC(C)(C)C3)C3CC(C)(C)NC(C)(C)C3)n2)C2CC(C)(C)NC(C)(C)C2)C2CC(C)(C)NC(C)(C)C2)n1.[HH].[HH].[HH].[HH]. The number of unbranched alkanes of at least 4 members (excludes halogenated alkanes) is 13. The van der Waals surface area contributed by atoms with Gasteiger partial charge in [-0.1, -0.05) is 131 Å². The van der Waals surface area contributed by atoms with Crippen LogP contribution >= 0.6 is 0 Å². The number of nitrogens with zero attached hydrogens (tertiary/aromatic N) is 18. The van der Waals surface area contributed by atoms with Crippen LogP contribution in [0.1, 0.15) is 398 Å². The lowest BCUT2D eigenvalue weighted by atomic mass is 9.79. The van der Waals surface area contributed by atoms with Gasteiger partial charge < -0.3 is 70.7 Å². The van der Waals surface area contributed by atoms with Gasteiger partial charge in [0.25, 0.3) is 0 Å². The molecule has 0 unspecified atom stereocenters. The number of piperidine rings is 5. The van der Waals surface area contributed by atoms with E-state index in [1.54, 1.807) is 0 Å². The van der Waals surface area contributed by atoms with E-state index in [9.17, 15) is 0 Å². The quantitative estimate of drug-likeness (QED) is 0.0263. The molecule has 3 aromatic rings. The normalized spacial score (nSPS) is 20.4. The topological polar surface area (TPSA) is 205 Å². The molecule has 5 aliphatic rings. The summed E-state index contributed by atoms with van der Waals surface area (Å²) in [6.45, 7) is 77.5. The average Bonchev–Trinajstić information content (AvgIpc) is 0.776. The second-order valence-corrected chi connectivity index (χ2v) is 44.8. The fourth-order valence-corrected chi connectivity index (χ4v) is 22.3. The Balaban J connectivity index is 0.00000832. The summed E-state index contributed by atoms with van der Waals surface area (Å²) in [5, 5.41) is 20.3. The number of aromatic nitrogens is 9. The molecule has 5 N–H and O–H groups in total. The van der Waals surface area contributed by atoms with Crippen LogP contribution < -0.4 is 70.7 Å². The molecule has 23 nitrogen and oxygen atoms in total. The molecule has 3 aromatic heterocycles. The molecule has 0 bridgehead atoms. The summed E-state index contributed by atoms with van der Waals surface area (Å²) >= 11 is 0. The predicted octanol–water partition coefficient (Wildman–Crippen LogP) is 21.2. The molecule has 0 aliphatic carbocycles. The summed E-state index contributed by atoms with van der Waals surface area (Å²) in [6.07, 6.45) is 35.2. The van der Waals surface area contributed by atoms with Crippen molar-refractivity contribution in [2.75, 3.05) is 123 Å². The third kappa shape index (κ3) is 31.4. The highest BCUT2D eigenvalue weighted by molar-refractivity contribution is 5.52. The minimum absolute atomic E-state index is 0. The number of anilines is 9. The monoisotopic (exact) mass is 1700 g/mol. The zero-order valence-corrected chi connectivity index (χ0v) is 83.6. The summed E-state index contributed by atoms with van der Waals surface area (Å²) in [5.74, 6) is 7.18. The number of hydrogen-bond donors (Lipinski definition) is 5. The predicted molar refractivity (Wildman–Crippen MR) is 530 cm³/mol. The Hall–Kier alpha value is -5.67. The van der Waals surface area contributed by atoms with Crippen molar-refractivity contribution in [3.05, 3.63) is 24.2 Å². The van der Waals surface area contributed by atoms with Gasteiger partial charge in [-0.05, 0) is 280 Å². The Morgan fingerprint density at radius 2 is 0.467 bits per heavy atom. The zero-order chi connectivity index (χ0) is 89.7. The minimum Gasteiger partial charge on any atom is -0.344 e. The molecule has 5 saturated heterocycles. The first kappa shape index (κ1) is 102. The van der Waals surface area contributed by atoms with Crippen molar-refractivity contribution >= 4 is 53.5 Å². The number of rotatable bonds is 50. The van der Waals surface area contributed by atoms with E-state index in [2.05, 4.69) is 283 Å². The fourth-order valence-electron chi connectivity index (χ4n) is 22.3. The molecule has 702 valence electrons. The first-order valence-corrected chi connectivity index (χ1v) is 49.5. The molecule has 0 aromatic carbocycles. The second kappa shape index (κ2) is 44.9. The molecule has 0 atom stereocenters. The summed E-state index contributed by atoms with van der Waals surface area (Å²) in [7, 11) is 2.18. The van der Waals surface area contributed by atoms with Crippen molar-refractivity contribution in [1.29, 1.82) is 0 Å². The van der Waals surface area contributed by atoms with Crippen molar-refractivity contribution in [1.82, 2.24) is 71.4 Å². The third-order valence-corrected chi connectivity index (χ3v) is 26.2. The number of hydrogen-bond acceptors (Lipinski definition) is 23. The van der Waals surface area contributed by atoms with E-state index >= 15 is 0 Å². The van der Waals surface area contributed by atoms with Gasteiger partial charge in [0.05, 0.1) is 6.20 Å². The molecule has 8 heterocycles. The first-order chi connectivity index (χ1) is 57.3. The summed E-state index contributed by atoms with van der Waals surface area (Å²) in [4.78, 5) is 73.7. The molecular formula is C99H191N23. The van der Waals surface area contributed by atoms with Crippen LogP contribution in [-0.2, 0) is 0 Å². The van der Waals surface area contributed by atoms with Gasteiger partial charge in [0, 0.05) is 170 Å². The highest BCUT2D eigenvalue weighted by Crippen LogP contribution is 2.42. The molecule has 5 aliphatic heterocycles. The Bertz CT molecular complexity index is 3650. The highest BCUT2D eigenvalue weighted by Gasteiger charge is 2.48. The summed E-state index contributed by atoms with van der Waals surface area (Å²) in [5.41, 5.74) is 5.06. The van der Waals surface area contributed by atoms with Gasteiger partial charge in [0.1, 0.15) is 0 Å². The van der Waals surface area contributed by atoms with E-state index in [0.717, 1.165) is 325 Å². The molecular weight excluding hydrogens is 1510 g/mol. The fraction of sp³-hybridized carbons (Fsp3) is 0.869. The minimum atomic E-state index is -0.130. The highest BCUT2D eigenvalue weighted by atomic mass is 15.4. The lowest BCUT2D eigenvalue weighted by Crippen LogP contribution is -2.63.